The number of amides is 1. The fraction of sp³-hybridized carbons (Fsp3) is 0.636. The number of aromatic nitrogens is 2. The first-order valence-corrected chi connectivity index (χ1v) is 6.63. The Bertz CT molecular complexity index is 419. The highest BCUT2D eigenvalue weighted by atomic mass is 32.1. The van der Waals surface area contributed by atoms with Crippen LogP contribution in [0.25, 0.3) is 0 Å². The Labute approximate surface area is 110 Å². The third-order valence-corrected chi connectivity index (χ3v) is 3.33. The van der Waals surface area contributed by atoms with Crippen LogP contribution in [0.15, 0.2) is 0 Å². The Kier molecular flexibility index (Phi) is 5.70. The number of carbonyl (C=O) groups excluding carboxylic acids is 1. The molecule has 2 N–H and O–H groups in total. The predicted molar refractivity (Wildman–Crippen MR) is 67.7 cm³/mol. The minimum atomic E-state index is -0.812. The maximum absolute atomic E-state index is 11.8. The topological polar surface area (TPSA) is 92.2 Å². The molecule has 7 heteroatoms. The summed E-state index contributed by atoms with van der Waals surface area (Å²) >= 11 is 1.08. The lowest BCUT2D eigenvalue weighted by atomic mass is 10.1. The van der Waals surface area contributed by atoms with E-state index in [2.05, 4.69) is 14.9 Å². The molecule has 1 heterocycles. The highest BCUT2D eigenvalue weighted by Gasteiger charge is 2.15. The largest absolute Gasteiger partial charge is 0.481 e. The van der Waals surface area contributed by atoms with Gasteiger partial charge in [-0.2, -0.15) is 0 Å². The summed E-state index contributed by atoms with van der Waals surface area (Å²) in [4.78, 5) is 22.8. The Morgan fingerprint density at radius 2 is 2.22 bits per heavy atom. The number of carboxylic acids is 1. The fourth-order valence-electron chi connectivity index (χ4n) is 1.43. The number of rotatable bonds is 7. The lowest BCUT2D eigenvalue weighted by Gasteiger charge is -2.10. The van der Waals surface area contributed by atoms with Gasteiger partial charge in [-0.1, -0.05) is 18.3 Å². The van der Waals surface area contributed by atoms with Crippen molar-refractivity contribution in [2.24, 2.45) is 5.92 Å². The van der Waals surface area contributed by atoms with Crippen molar-refractivity contribution in [1.82, 2.24) is 14.9 Å². The Balaban J connectivity index is 2.39. The summed E-state index contributed by atoms with van der Waals surface area (Å²) in [5.41, 5.74) is 0.704. The second-order valence-corrected chi connectivity index (χ2v) is 4.90. The van der Waals surface area contributed by atoms with Crippen LogP contribution in [0.5, 0.6) is 0 Å². The van der Waals surface area contributed by atoms with E-state index < -0.39 is 5.97 Å². The highest BCUT2D eigenvalue weighted by molar-refractivity contribution is 7.08. The lowest BCUT2D eigenvalue weighted by molar-refractivity contribution is -0.137. The summed E-state index contributed by atoms with van der Waals surface area (Å²) in [6, 6.07) is 0. The van der Waals surface area contributed by atoms with E-state index in [0.29, 0.717) is 30.0 Å². The van der Waals surface area contributed by atoms with Gasteiger partial charge in [-0.25, -0.2) is 0 Å². The van der Waals surface area contributed by atoms with Gasteiger partial charge in [0, 0.05) is 13.0 Å². The number of carboxylic acid groups (broad SMARTS) is 1. The molecule has 1 aromatic heterocycles. The Morgan fingerprint density at radius 1 is 1.50 bits per heavy atom. The first-order valence-electron chi connectivity index (χ1n) is 5.85. The quantitative estimate of drug-likeness (QED) is 0.780. The van der Waals surface area contributed by atoms with Crippen LogP contribution in [0.2, 0.25) is 0 Å². The number of nitrogens with zero attached hydrogens (tertiary/aromatic N) is 2. The predicted octanol–water partition coefficient (Wildman–Crippen LogP) is 1.33. The summed E-state index contributed by atoms with van der Waals surface area (Å²) in [5.74, 6) is -0.854. The van der Waals surface area contributed by atoms with E-state index in [9.17, 15) is 9.59 Å². The molecule has 100 valence electrons. The maximum atomic E-state index is 11.8. The number of carbonyl (C=O) groups is 2. The van der Waals surface area contributed by atoms with Crippen LogP contribution < -0.4 is 5.32 Å². The van der Waals surface area contributed by atoms with Gasteiger partial charge in [0.2, 0.25) is 0 Å². The van der Waals surface area contributed by atoms with Crippen LogP contribution in [-0.2, 0) is 11.2 Å². The molecule has 1 rings (SSSR count). The van der Waals surface area contributed by atoms with Crippen LogP contribution in [0, 0.1) is 5.92 Å². The van der Waals surface area contributed by atoms with Gasteiger partial charge in [-0.05, 0) is 30.3 Å². The molecule has 0 saturated heterocycles. The molecule has 6 nitrogen and oxygen atoms in total. The van der Waals surface area contributed by atoms with E-state index in [4.69, 9.17) is 5.11 Å². The lowest BCUT2D eigenvalue weighted by Crippen LogP contribution is -2.28. The molecule has 1 amide bonds. The third-order valence-electron chi connectivity index (χ3n) is 2.56. The zero-order valence-electron chi connectivity index (χ0n) is 10.5. The van der Waals surface area contributed by atoms with Crippen LogP contribution in [0.3, 0.4) is 0 Å². The normalized spacial score (nSPS) is 12.1. The van der Waals surface area contributed by atoms with E-state index in [-0.39, 0.29) is 18.2 Å². The van der Waals surface area contributed by atoms with Crippen molar-refractivity contribution in [3.8, 4) is 0 Å². The molecule has 0 spiro atoms. The smallest absolute Gasteiger partial charge is 0.303 e. The Hall–Kier alpha value is -1.50. The zero-order valence-corrected chi connectivity index (χ0v) is 11.3. The molecule has 0 aliphatic rings. The van der Waals surface area contributed by atoms with Crippen molar-refractivity contribution >= 4 is 23.4 Å². The third kappa shape index (κ3) is 4.40. The number of aryl methyl sites for hydroxylation is 1. The summed E-state index contributed by atoms with van der Waals surface area (Å²) in [6.07, 6.45) is 1.35. The molecule has 18 heavy (non-hydrogen) atoms. The molecule has 0 radical (unpaired) electrons. The monoisotopic (exact) mass is 271 g/mol. The van der Waals surface area contributed by atoms with E-state index >= 15 is 0 Å². The SMILES string of the molecule is CCc1nnsc1C(=O)NCC(C)CCC(=O)O. The van der Waals surface area contributed by atoms with Crippen molar-refractivity contribution in [1.29, 1.82) is 0 Å². The maximum Gasteiger partial charge on any atom is 0.303 e. The first kappa shape index (κ1) is 14.6. The molecule has 1 atom stereocenters. The van der Waals surface area contributed by atoms with Gasteiger partial charge in [-0.15, -0.1) is 5.10 Å². The van der Waals surface area contributed by atoms with Crippen molar-refractivity contribution in [2.45, 2.75) is 33.1 Å². The van der Waals surface area contributed by atoms with E-state index in [1.54, 1.807) is 0 Å². The first-order chi connectivity index (χ1) is 8.54. The number of aliphatic carboxylic acids is 1. The molecule has 0 fully saturated rings. The summed E-state index contributed by atoms with van der Waals surface area (Å²) in [7, 11) is 0. The molecule has 0 saturated carbocycles. The average molecular weight is 271 g/mol. The van der Waals surface area contributed by atoms with E-state index in [1.165, 1.54) is 0 Å². The van der Waals surface area contributed by atoms with Gasteiger partial charge in [0.25, 0.3) is 5.91 Å². The van der Waals surface area contributed by atoms with Crippen molar-refractivity contribution in [3.63, 3.8) is 0 Å². The molecular weight excluding hydrogens is 254 g/mol. The molecule has 0 aliphatic heterocycles. The number of hydrogen-bond donors (Lipinski definition) is 2. The number of nitrogens with one attached hydrogen (secondary N) is 1. The summed E-state index contributed by atoms with van der Waals surface area (Å²) < 4.78 is 3.75. The average Bonchev–Trinajstić information content (AvgIpc) is 2.81. The highest BCUT2D eigenvalue weighted by Crippen LogP contribution is 2.11. The fourth-order valence-corrected chi connectivity index (χ4v) is 2.10. The minimum Gasteiger partial charge on any atom is -0.481 e. The molecule has 0 aliphatic carbocycles. The van der Waals surface area contributed by atoms with Gasteiger partial charge >= 0.3 is 5.97 Å². The van der Waals surface area contributed by atoms with Crippen molar-refractivity contribution in [3.05, 3.63) is 10.6 Å². The molecule has 1 unspecified atom stereocenters. The second kappa shape index (κ2) is 7.05. The van der Waals surface area contributed by atoms with Gasteiger partial charge in [-0.3, -0.25) is 9.59 Å². The second-order valence-electron chi connectivity index (χ2n) is 4.15. The molecule has 0 bridgehead atoms. The molecule has 1 aromatic rings. The van der Waals surface area contributed by atoms with Crippen LogP contribution in [-0.4, -0.2) is 33.1 Å². The summed E-state index contributed by atoms with van der Waals surface area (Å²) in [6.45, 7) is 4.30. The van der Waals surface area contributed by atoms with Crippen LogP contribution in [0.4, 0.5) is 0 Å². The van der Waals surface area contributed by atoms with Gasteiger partial charge in [0.05, 0.1) is 5.69 Å². The minimum absolute atomic E-state index is 0.124. The standard InChI is InChI=1S/C11H17N3O3S/c1-3-8-10(18-14-13-8)11(17)12-6-7(2)4-5-9(15)16/h7H,3-6H2,1-2H3,(H,12,17)(H,15,16). The van der Waals surface area contributed by atoms with Gasteiger partial charge < -0.3 is 10.4 Å². The van der Waals surface area contributed by atoms with Crippen molar-refractivity contribution < 1.29 is 14.7 Å². The molecular formula is C11H17N3O3S. The Morgan fingerprint density at radius 3 is 2.83 bits per heavy atom. The van der Waals surface area contributed by atoms with Crippen LogP contribution in [0.1, 0.15) is 42.1 Å². The molecule has 0 aromatic carbocycles. The van der Waals surface area contributed by atoms with E-state index in [1.807, 2.05) is 13.8 Å². The van der Waals surface area contributed by atoms with Crippen molar-refractivity contribution in [2.75, 3.05) is 6.54 Å². The van der Waals surface area contributed by atoms with E-state index in [0.717, 1.165) is 11.5 Å². The van der Waals surface area contributed by atoms with Gasteiger partial charge in [0.1, 0.15) is 4.88 Å². The van der Waals surface area contributed by atoms with Gasteiger partial charge in [0.15, 0.2) is 0 Å². The number of hydrogen-bond acceptors (Lipinski definition) is 5. The van der Waals surface area contributed by atoms with Crippen LogP contribution >= 0.6 is 11.5 Å². The summed E-state index contributed by atoms with van der Waals surface area (Å²) in [5, 5.41) is 15.2. The zero-order chi connectivity index (χ0) is 13.5.